The summed E-state index contributed by atoms with van der Waals surface area (Å²) in [6, 6.07) is 7.27. The van der Waals surface area contributed by atoms with E-state index in [1.165, 1.54) is 6.33 Å². The molecular weight excluding hydrogens is 276 g/mol. The molecule has 0 fully saturated rings. The fraction of sp³-hybridized carbons (Fsp3) is 0.143. The minimum Gasteiger partial charge on any atom is -0.416 e. The molecule has 3 aromatic rings. The van der Waals surface area contributed by atoms with Crippen LogP contribution >= 0.6 is 11.6 Å². The van der Waals surface area contributed by atoms with Gasteiger partial charge in [0.2, 0.25) is 5.89 Å². The van der Waals surface area contributed by atoms with Crippen LogP contribution in [-0.2, 0) is 0 Å². The standard InChI is InChI=1S/C14H11ClN4O/c1-8-12(9(2)17-7-16-8)14-19-18-13(20-14)10-4-3-5-11(15)6-10/h3-7H,1-2H3. The molecule has 0 unspecified atom stereocenters. The summed E-state index contributed by atoms with van der Waals surface area (Å²) < 4.78 is 5.71. The third-order valence-electron chi connectivity index (χ3n) is 2.94. The van der Waals surface area contributed by atoms with Crippen molar-refractivity contribution in [1.82, 2.24) is 20.2 Å². The van der Waals surface area contributed by atoms with Gasteiger partial charge < -0.3 is 4.42 Å². The lowest BCUT2D eigenvalue weighted by Gasteiger charge is -2.02. The molecule has 5 nitrogen and oxygen atoms in total. The molecule has 0 aliphatic rings. The lowest BCUT2D eigenvalue weighted by molar-refractivity contribution is 0.582. The molecule has 0 amide bonds. The van der Waals surface area contributed by atoms with Gasteiger partial charge in [0.05, 0.1) is 17.0 Å². The Hall–Kier alpha value is -2.27. The first kappa shape index (κ1) is 12.7. The van der Waals surface area contributed by atoms with E-state index in [1.54, 1.807) is 12.1 Å². The molecule has 2 heterocycles. The lowest BCUT2D eigenvalue weighted by Crippen LogP contribution is -1.94. The second kappa shape index (κ2) is 5.02. The van der Waals surface area contributed by atoms with E-state index in [0.717, 1.165) is 22.5 Å². The van der Waals surface area contributed by atoms with Gasteiger partial charge in [-0.2, -0.15) is 0 Å². The second-order valence-corrected chi connectivity index (χ2v) is 4.78. The van der Waals surface area contributed by atoms with Crippen LogP contribution in [0, 0.1) is 13.8 Å². The Balaban J connectivity index is 2.07. The van der Waals surface area contributed by atoms with Crippen molar-refractivity contribution in [3.05, 3.63) is 47.0 Å². The third kappa shape index (κ3) is 2.28. The molecular formula is C14H11ClN4O. The quantitative estimate of drug-likeness (QED) is 0.722. The highest BCUT2D eigenvalue weighted by atomic mass is 35.5. The Morgan fingerprint density at radius 3 is 2.40 bits per heavy atom. The van der Waals surface area contributed by atoms with Crippen LogP contribution < -0.4 is 0 Å². The molecule has 1 aromatic carbocycles. The summed E-state index contributed by atoms with van der Waals surface area (Å²) >= 11 is 5.96. The van der Waals surface area contributed by atoms with E-state index in [2.05, 4.69) is 20.2 Å². The van der Waals surface area contributed by atoms with Crippen LogP contribution in [0.2, 0.25) is 5.02 Å². The first-order valence-electron chi connectivity index (χ1n) is 6.03. The Morgan fingerprint density at radius 2 is 1.70 bits per heavy atom. The maximum Gasteiger partial charge on any atom is 0.251 e. The summed E-state index contributed by atoms with van der Waals surface area (Å²) in [4.78, 5) is 8.30. The van der Waals surface area contributed by atoms with Gasteiger partial charge in [-0.1, -0.05) is 17.7 Å². The number of aromatic nitrogens is 4. The average Bonchev–Trinajstić information content (AvgIpc) is 2.88. The molecule has 3 rings (SSSR count). The number of aryl methyl sites for hydroxylation is 2. The van der Waals surface area contributed by atoms with Crippen molar-refractivity contribution in [1.29, 1.82) is 0 Å². The minimum absolute atomic E-state index is 0.413. The number of benzene rings is 1. The fourth-order valence-electron chi connectivity index (χ4n) is 1.96. The molecule has 0 radical (unpaired) electrons. The molecule has 0 bridgehead atoms. The summed E-state index contributed by atoms with van der Waals surface area (Å²) in [6.07, 6.45) is 1.52. The minimum atomic E-state index is 0.413. The van der Waals surface area contributed by atoms with E-state index in [-0.39, 0.29) is 0 Å². The van der Waals surface area contributed by atoms with Crippen LogP contribution in [0.3, 0.4) is 0 Å². The summed E-state index contributed by atoms with van der Waals surface area (Å²) in [7, 11) is 0. The molecule has 6 heteroatoms. The van der Waals surface area contributed by atoms with Gasteiger partial charge in [0.25, 0.3) is 5.89 Å². The molecule has 2 aromatic heterocycles. The van der Waals surface area contributed by atoms with Crippen molar-refractivity contribution in [3.8, 4) is 22.9 Å². The van der Waals surface area contributed by atoms with E-state index >= 15 is 0 Å². The zero-order valence-electron chi connectivity index (χ0n) is 11.0. The van der Waals surface area contributed by atoms with Crippen LogP contribution in [0.4, 0.5) is 0 Å². The Bertz CT molecular complexity index is 749. The monoisotopic (exact) mass is 286 g/mol. The van der Waals surface area contributed by atoms with Crippen molar-refractivity contribution >= 4 is 11.6 Å². The number of hydrogen-bond donors (Lipinski definition) is 0. The van der Waals surface area contributed by atoms with Crippen molar-refractivity contribution in [2.45, 2.75) is 13.8 Å². The van der Waals surface area contributed by atoms with E-state index in [0.29, 0.717) is 16.8 Å². The van der Waals surface area contributed by atoms with Crippen molar-refractivity contribution < 1.29 is 4.42 Å². The predicted octanol–water partition coefficient (Wildman–Crippen LogP) is 3.46. The van der Waals surface area contributed by atoms with E-state index in [1.807, 2.05) is 26.0 Å². The maximum absolute atomic E-state index is 5.96. The number of hydrogen-bond acceptors (Lipinski definition) is 5. The van der Waals surface area contributed by atoms with Crippen molar-refractivity contribution in [3.63, 3.8) is 0 Å². The molecule has 0 saturated heterocycles. The molecule has 20 heavy (non-hydrogen) atoms. The normalized spacial score (nSPS) is 10.8. The van der Waals surface area contributed by atoms with Gasteiger partial charge in [-0.25, -0.2) is 9.97 Å². The largest absolute Gasteiger partial charge is 0.416 e. The van der Waals surface area contributed by atoms with Crippen molar-refractivity contribution in [2.75, 3.05) is 0 Å². The Labute approximate surface area is 120 Å². The molecule has 0 atom stereocenters. The molecule has 0 aliphatic heterocycles. The summed E-state index contributed by atoms with van der Waals surface area (Å²) in [6.45, 7) is 3.76. The molecule has 0 N–H and O–H groups in total. The summed E-state index contributed by atoms with van der Waals surface area (Å²) in [5.41, 5.74) is 3.16. The molecule has 0 spiro atoms. The number of nitrogens with zero attached hydrogens (tertiary/aromatic N) is 4. The predicted molar refractivity (Wildman–Crippen MR) is 75.2 cm³/mol. The molecule has 0 saturated carbocycles. The zero-order valence-corrected chi connectivity index (χ0v) is 11.7. The first-order chi connectivity index (χ1) is 9.65. The third-order valence-corrected chi connectivity index (χ3v) is 3.17. The van der Waals surface area contributed by atoms with E-state index < -0.39 is 0 Å². The highest BCUT2D eigenvalue weighted by Crippen LogP contribution is 2.27. The average molecular weight is 287 g/mol. The number of rotatable bonds is 2. The van der Waals surface area contributed by atoms with Crippen LogP contribution in [0.5, 0.6) is 0 Å². The highest BCUT2D eigenvalue weighted by molar-refractivity contribution is 6.30. The molecule has 0 aliphatic carbocycles. The van der Waals surface area contributed by atoms with E-state index in [9.17, 15) is 0 Å². The van der Waals surface area contributed by atoms with E-state index in [4.69, 9.17) is 16.0 Å². The van der Waals surface area contributed by atoms with Gasteiger partial charge >= 0.3 is 0 Å². The van der Waals surface area contributed by atoms with Crippen molar-refractivity contribution in [2.24, 2.45) is 0 Å². The van der Waals surface area contributed by atoms with Crippen LogP contribution in [0.1, 0.15) is 11.4 Å². The first-order valence-corrected chi connectivity index (χ1v) is 6.41. The van der Waals surface area contributed by atoms with Gasteiger partial charge in [-0.15, -0.1) is 10.2 Å². The van der Waals surface area contributed by atoms with Gasteiger partial charge in [-0.05, 0) is 32.0 Å². The Kier molecular flexibility index (Phi) is 3.20. The SMILES string of the molecule is Cc1ncnc(C)c1-c1nnc(-c2cccc(Cl)c2)o1. The van der Waals surface area contributed by atoms with Crippen LogP contribution in [-0.4, -0.2) is 20.2 Å². The lowest BCUT2D eigenvalue weighted by atomic mass is 10.2. The summed E-state index contributed by atoms with van der Waals surface area (Å²) in [5.74, 6) is 0.834. The topological polar surface area (TPSA) is 64.7 Å². The second-order valence-electron chi connectivity index (χ2n) is 4.34. The number of halogens is 1. The van der Waals surface area contributed by atoms with Crippen LogP contribution in [0.15, 0.2) is 35.0 Å². The van der Waals surface area contributed by atoms with Gasteiger partial charge in [0.1, 0.15) is 6.33 Å². The van der Waals surface area contributed by atoms with Gasteiger partial charge in [0.15, 0.2) is 0 Å². The van der Waals surface area contributed by atoms with Gasteiger partial charge in [-0.3, -0.25) is 0 Å². The maximum atomic E-state index is 5.96. The highest BCUT2D eigenvalue weighted by Gasteiger charge is 2.16. The summed E-state index contributed by atoms with van der Waals surface area (Å²) in [5, 5.41) is 8.75. The molecule has 100 valence electrons. The van der Waals surface area contributed by atoms with Crippen LogP contribution in [0.25, 0.3) is 22.9 Å². The fourth-order valence-corrected chi connectivity index (χ4v) is 2.16. The Morgan fingerprint density at radius 1 is 1.00 bits per heavy atom. The zero-order chi connectivity index (χ0) is 14.1. The van der Waals surface area contributed by atoms with Gasteiger partial charge in [0, 0.05) is 10.6 Å². The smallest absolute Gasteiger partial charge is 0.251 e.